The first-order valence-corrected chi connectivity index (χ1v) is 8.39. The highest BCUT2D eigenvalue weighted by molar-refractivity contribution is 7.22. The molecule has 0 amide bonds. The van der Waals surface area contributed by atoms with Gasteiger partial charge in [0.1, 0.15) is 5.75 Å². The second kappa shape index (κ2) is 6.18. The molecule has 1 aromatic carbocycles. The minimum Gasteiger partial charge on any atom is -0.453 e. The first-order chi connectivity index (χ1) is 12.1. The molecule has 125 valence electrons. The van der Waals surface area contributed by atoms with Crippen LogP contribution in [0.3, 0.4) is 0 Å². The lowest BCUT2D eigenvalue weighted by atomic mass is 10.2. The molecule has 4 aromatic rings. The van der Waals surface area contributed by atoms with Crippen LogP contribution < -0.4 is 10.5 Å². The number of halogens is 1. The second-order valence-corrected chi connectivity index (χ2v) is 6.47. The molecule has 0 atom stereocenters. The molecular weight excluding hydrogens is 339 g/mol. The van der Waals surface area contributed by atoms with Gasteiger partial charge in [-0.15, -0.1) is 11.3 Å². The number of ether oxygens (including phenoxy) is 1. The Balaban J connectivity index is 1.74. The number of benzene rings is 1. The summed E-state index contributed by atoms with van der Waals surface area (Å²) in [6, 6.07) is 8.04. The van der Waals surface area contributed by atoms with Gasteiger partial charge >= 0.3 is 0 Å². The molecule has 0 aliphatic carbocycles. The number of nitrogens with two attached hydrogens (primary N) is 1. The molecule has 0 saturated heterocycles. The number of pyridine rings is 1. The van der Waals surface area contributed by atoms with Gasteiger partial charge in [0.15, 0.2) is 11.6 Å². The van der Waals surface area contributed by atoms with Gasteiger partial charge in [-0.05, 0) is 25.1 Å². The molecule has 4 rings (SSSR count). The van der Waals surface area contributed by atoms with E-state index >= 15 is 0 Å². The van der Waals surface area contributed by atoms with E-state index in [2.05, 4.69) is 17.0 Å². The molecule has 0 bridgehead atoms. The van der Waals surface area contributed by atoms with Crippen LogP contribution in [0.1, 0.15) is 0 Å². The number of thiophene rings is 1. The Morgan fingerprint density at radius 1 is 1.24 bits per heavy atom. The largest absolute Gasteiger partial charge is 0.453 e. The third kappa shape index (κ3) is 2.94. The molecular formula is C18H14FN4OS. The van der Waals surface area contributed by atoms with Crippen molar-refractivity contribution in [1.82, 2.24) is 14.8 Å². The van der Waals surface area contributed by atoms with Crippen LogP contribution in [0.15, 0.2) is 48.9 Å². The highest BCUT2D eigenvalue weighted by atomic mass is 32.1. The predicted octanol–water partition coefficient (Wildman–Crippen LogP) is 4.51. The molecule has 25 heavy (non-hydrogen) atoms. The maximum atomic E-state index is 14.0. The van der Waals surface area contributed by atoms with E-state index in [1.807, 2.05) is 12.3 Å². The van der Waals surface area contributed by atoms with Gasteiger partial charge < -0.3 is 10.5 Å². The number of nitrogen functional groups attached to an aromatic ring is 1. The van der Waals surface area contributed by atoms with Crippen molar-refractivity contribution in [2.24, 2.45) is 0 Å². The fourth-order valence-corrected chi connectivity index (χ4v) is 3.51. The van der Waals surface area contributed by atoms with E-state index in [4.69, 9.17) is 10.5 Å². The normalized spacial score (nSPS) is 11.1. The maximum Gasteiger partial charge on any atom is 0.167 e. The average Bonchev–Trinajstić information content (AvgIpc) is 3.24. The van der Waals surface area contributed by atoms with Gasteiger partial charge in [-0.1, -0.05) is 0 Å². The van der Waals surface area contributed by atoms with Crippen molar-refractivity contribution in [3.05, 3.63) is 61.7 Å². The third-order valence-corrected chi connectivity index (χ3v) is 4.89. The van der Waals surface area contributed by atoms with Crippen molar-refractivity contribution in [2.45, 2.75) is 6.54 Å². The number of fused-ring (bicyclic) bond motifs is 1. The summed E-state index contributed by atoms with van der Waals surface area (Å²) in [4.78, 5) is 5.38. The van der Waals surface area contributed by atoms with Crippen LogP contribution in [-0.4, -0.2) is 14.8 Å². The predicted molar refractivity (Wildman–Crippen MR) is 97.1 cm³/mol. The van der Waals surface area contributed by atoms with Crippen molar-refractivity contribution in [1.29, 1.82) is 0 Å². The van der Waals surface area contributed by atoms with Crippen molar-refractivity contribution in [3.8, 4) is 21.9 Å². The third-order valence-electron chi connectivity index (χ3n) is 3.70. The Bertz CT molecular complexity index is 1060. The molecule has 7 heteroatoms. The topological polar surface area (TPSA) is 66.0 Å². The summed E-state index contributed by atoms with van der Waals surface area (Å²) < 4.78 is 22.4. The minimum atomic E-state index is -0.501. The number of aromatic nitrogens is 3. The van der Waals surface area contributed by atoms with E-state index in [0.29, 0.717) is 18.0 Å². The smallest absolute Gasteiger partial charge is 0.167 e. The van der Waals surface area contributed by atoms with E-state index in [1.165, 1.54) is 23.5 Å². The first kappa shape index (κ1) is 15.6. The maximum absolute atomic E-state index is 14.0. The molecule has 3 heterocycles. The van der Waals surface area contributed by atoms with Crippen LogP contribution in [0.25, 0.3) is 20.7 Å². The summed E-state index contributed by atoms with van der Waals surface area (Å²) in [6.45, 7) is 4.37. The van der Waals surface area contributed by atoms with E-state index in [1.54, 1.807) is 29.2 Å². The van der Waals surface area contributed by atoms with E-state index in [0.717, 1.165) is 20.7 Å². The monoisotopic (exact) mass is 353 g/mol. The summed E-state index contributed by atoms with van der Waals surface area (Å²) in [5, 5.41) is 4.24. The van der Waals surface area contributed by atoms with E-state index in [-0.39, 0.29) is 5.75 Å². The quantitative estimate of drug-likeness (QED) is 0.548. The SMILES string of the molecule is [CH2]Cn1cc(-c2cc3nccc(Oc4ccc(N)cc4F)c3s2)cn1. The van der Waals surface area contributed by atoms with Crippen LogP contribution in [0.2, 0.25) is 0 Å². The zero-order valence-electron chi connectivity index (χ0n) is 13.1. The summed E-state index contributed by atoms with van der Waals surface area (Å²) in [5.74, 6) is 0.175. The molecule has 0 aliphatic heterocycles. The number of hydrogen-bond donors (Lipinski definition) is 1. The van der Waals surface area contributed by atoms with Gasteiger partial charge in [-0.3, -0.25) is 9.67 Å². The molecule has 5 nitrogen and oxygen atoms in total. The Kier molecular flexibility index (Phi) is 3.85. The number of rotatable bonds is 4. The minimum absolute atomic E-state index is 0.126. The lowest BCUT2D eigenvalue weighted by molar-refractivity contribution is 0.447. The fraction of sp³-hybridized carbons (Fsp3) is 0.0556. The van der Waals surface area contributed by atoms with Gasteiger partial charge in [-0.25, -0.2) is 4.39 Å². The van der Waals surface area contributed by atoms with Crippen LogP contribution in [0.4, 0.5) is 10.1 Å². The van der Waals surface area contributed by atoms with Crippen molar-refractivity contribution >= 4 is 27.2 Å². The van der Waals surface area contributed by atoms with Crippen molar-refractivity contribution in [3.63, 3.8) is 0 Å². The summed E-state index contributed by atoms with van der Waals surface area (Å²) in [7, 11) is 0. The van der Waals surface area contributed by atoms with Gasteiger partial charge in [-0.2, -0.15) is 5.10 Å². The zero-order chi connectivity index (χ0) is 17.4. The summed E-state index contributed by atoms with van der Waals surface area (Å²) >= 11 is 1.52. The van der Waals surface area contributed by atoms with Gasteiger partial charge in [0, 0.05) is 47.2 Å². The van der Waals surface area contributed by atoms with E-state index in [9.17, 15) is 4.39 Å². The Morgan fingerprint density at radius 2 is 2.12 bits per heavy atom. The molecule has 1 radical (unpaired) electrons. The zero-order valence-corrected chi connectivity index (χ0v) is 14.0. The Hall–Kier alpha value is -2.93. The second-order valence-electron chi connectivity index (χ2n) is 5.42. The van der Waals surface area contributed by atoms with Crippen LogP contribution in [0.5, 0.6) is 11.5 Å². The van der Waals surface area contributed by atoms with Crippen molar-refractivity contribution < 1.29 is 9.13 Å². The molecule has 0 spiro atoms. The molecule has 3 aromatic heterocycles. The van der Waals surface area contributed by atoms with Crippen LogP contribution in [-0.2, 0) is 6.54 Å². The molecule has 0 saturated carbocycles. The van der Waals surface area contributed by atoms with Gasteiger partial charge in [0.05, 0.1) is 16.4 Å². The van der Waals surface area contributed by atoms with Crippen LogP contribution >= 0.6 is 11.3 Å². The summed E-state index contributed by atoms with van der Waals surface area (Å²) in [5.41, 5.74) is 7.70. The van der Waals surface area contributed by atoms with Gasteiger partial charge in [0.2, 0.25) is 0 Å². The summed E-state index contributed by atoms with van der Waals surface area (Å²) in [6.07, 6.45) is 5.36. The lowest BCUT2D eigenvalue weighted by Gasteiger charge is -2.07. The van der Waals surface area contributed by atoms with Gasteiger partial charge in [0.25, 0.3) is 0 Å². The van der Waals surface area contributed by atoms with Crippen molar-refractivity contribution in [2.75, 3.05) is 5.73 Å². The highest BCUT2D eigenvalue weighted by Gasteiger charge is 2.13. The highest BCUT2D eigenvalue weighted by Crippen LogP contribution is 2.39. The molecule has 2 N–H and O–H groups in total. The Labute approximate surface area is 147 Å². The molecule has 0 fully saturated rings. The number of nitrogens with zero attached hydrogens (tertiary/aromatic N) is 3. The molecule has 0 unspecified atom stereocenters. The standard InChI is InChI=1S/C18H14FN4OS/c1-2-23-10-11(9-22-23)17-8-14-18(25-17)16(5-6-21-14)24-15-4-3-12(20)7-13(15)19/h3-10H,1-2,20H2. The van der Waals surface area contributed by atoms with E-state index < -0.39 is 5.82 Å². The number of hydrogen-bond acceptors (Lipinski definition) is 5. The molecule has 0 aliphatic rings. The lowest BCUT2D eigenvalue weighted by Crippen LogP contribution is -1.92. The number of anilines is 1. The van der Waals surface area contributed by atoms with Crippen LogP contribution in [0, 0.1) is 12.7 Å². The fourth-order valence-electron chi connectivity index (χ4n) is 2.47. The first-order valence-electron chi connectivity index (χ1n) is 7.57. The average molecular weight is 353 g/mol. The Morgan fingerprint density at radius 3 is 2.88 bits per heavy atom.